The number of amides is 2. The Morgan fingerprint density at radius 3 is 2.36 bits per heavy atom. The molecule has 1 aromatic rings. The van der Waals surface area contributed by atoms with Gasteiger partial charge in [0.05, 0.1) is 0 Å². The number of rotatable bonds is 4. The van der Waals surface area contributed by atoms with E-state index in [-0.39, 0.29) is 23.7 Å². The molecule has 6 heteroatoms. The van der Waals surface area contributed by atoms with Crippen molar-refractivity contribution in [1.29, 1.82) is 0 Å². The molecule has 0 aromatic heterocycles. The number of piperazine rings is 1. The lowest BCUT2D eigenvalue weighted by Gasteiger charge is -2.39. The van der Waals surface area contributed by atoms with E-state index in [1.807, 2.05) is 26.0 Å². The van der Waals surface area contributed by atoms with Gasteiger partial charge < -0.3 is 10.2 Å². The van der Waals surface area contributed by atoms with E-state index >= 15 is 0 Å². The minimum Gasteiger partial charge on any atom is -0.342 e. The van der Waals surface area contributed by atoms with E-state index in [1.165, 1.54) is 18.1 Å². The first-order valence-corrected chi connectivity index (χ1v) is 8.75. The lowest BCUT2D eigenvalue weighted by Crippen LogP contribution is -2.65. The van der Waals surface area contributed by atoms with E-state index in [0.717, 1.165) is 17.9 Å². The van der Waals surface area contributed by atoms with Crippen molar-refractivity contribution in [3.05, 3.63) is 35.4 Å². The Bertz CT molecular complexity index is 675. The zero-order chi connectivity index (χ0) is 18.1. The molecule has 0 radical (unpaired) electrons. The van der Waals surface area contributed by atoms with Gasteiger partial charge in [-0.05, 0) is 42.2 Å². The van der Waals surface area contributed by atoms with Crippen LogP contribution in [0, 0.1) is 11.8 Å². The van der Waals surface area contributed by atoms with E-state index in [9.17, 15) is 14.4 Å². The molecule has 0 unspecified atom stereocenters. The molecule has 0 bridgehead atoms. The molecular weight excluding hydrogens is 320 g/mol. The summed E-state index contributed by atoms with van der Waals surface area (Å²) in [5.74, 6) is -1.01. The molecule has 25 heavy (non-hydrogen) atoms. The standard InChI is InChI=1S/C19H24N2O4/c1-11(2)8-16-18(23)20-17(19(24)21(16)25-12(3)22)15-9-13-6-4-5-7-14(13)10-15/h4-7,11,15-17H,8-10H2,1-3H3,(H,20,23)/t16-,17-/m1/s1. The lowest BCUT2D eigenvalue weighted by atomic mass is 9.91. The highest BCUT2D eigenvalue weighted by molar-refractivity contribution is 5.97. The van der Waals surface area contributed by atoms with Crippen molar-refractivity contribution in [2.24, 2.45) is 11.8 Å². The van der Waals surface area contributed by atoms with E-state index in [1.54, 1.807) is 0 Å². The van der Waals surface area contributed by atoms with Crippen LogP contribution in [0.15, 0.2) is 24.3 Å². The number of hydrogen-bond donors (Lipinski definition) is 1. The van der Waals surface area contributed by atoms with Crippen molar-refractivity contribution in [1.82, 2.24) is 10.4 Å². The van der Waals surface area contributed by atoms with Gasteiger partial charge in [-0.1, -0.05) is 38.1 Å². The fourth-order valence-corrected chi connectivity index (χ4v) is 3.75. The van der Waals surface area contributed by atoms with Crippen LogP contribution in [-0.2, 0) is 32.1 Å². The Kier molecular flexibility index (Phi) is 4.79. The molecule has 2 aliphatic rings. The van der Waals surface area contributed by atoms with Crippen molar-refractivity contribution >= 4 is 17.8 Å². The fraction of sp³-hybridized carbons (Fsp3) is 0.526. The molecule has 1 aliphatic carbocycles. The van der Waals surface area contributed by atoms with Crippen LogP contribution in [-0.4, -0.2) is 34.9 Å². The second-order valence-corrected chi connectivity index (χ2v) is 7.32. The average molecular weight is 344 g/mol. The molecule has 1 aliphatic heterocycles. The van der Waals surface area contributed by atoms with Crippen molar-refractivity contribution in [3.8, 4) is 0 Å². The van der Waals surface area contributed by atoms with Crippen molar-refractivity contribution in [2.75, 3.05) is 0 Å². The Hall–Kier alpha value is -2.37. The second kappa shape index (κ2) is 6.86. The smallest absolute Gasteiger partial charge is 0.329 e. The molecule has 1 N–H and O–H groups in total. The van der Waals surface area contributed by atoms with Crippen LogP contribution in [0.1, 0.15) is 38.3 Å². The highest BCUT2D eigenvalue weighted by Crippen LogP contribution is 2.31. The molecule has 1 saturated heterocycles. The monoisotopic (exact) mass is 344 g/mol. The minimum absolute atomic E-state index is 0.0214. The molecular formula is C19H24N2O4. The third-order valence-corrected chi connectivity index (χ3v) is 4.84. The Balaban J connectivity index is 1.82. The number of carbonyl (C=O) groups is 3. The van der Waals surface area contributed by atoms with Gasteiger partial charge in [-0.3, -0.25) is 14.4 Å². The molecule has 3 rings (SSSR count). The normalized spacial score (nSPS) is 23.6. The second-order valence-electron chi connectivity index (χ2n) is 7.32. The molecule has 1 fully saturated rings. The summed E-state index contributed by atoms with van der Waals surface area (Å²) in [5, 5.41) is 3.89. The number of benzene rings is 1. The summed E-state index contributed by atoms with van der Waals surface area (Å²) < 4.78 is 0. The molecule has 1 heterocycles. The number of nitrogens with zero attached hydrogens (tertiary/aromatic N) is 1. The zero-order valence-corrected chi connectivity index (χ0v) is 14.8. The first kappa shape index (κ1) is 17.5. The maximum absolute atomic E-state index is 13.0. The number of carbonyl (C=O) groups excluding carboxylic acids is 3. The van der Waals surface area contributed by atoms with Gasteiger partial charge in [-0.15, -0.1) is 0 Å². The van der Waals surface area contributed by atoms with Crippen molar-refractivity contribution in [3.63, 3.8) is 0 Å². The number of fused-ring (bicyclic) bond motifs is 1. The predicted octanol–water partition coefficient (Wildman–Crippen LogP) is 1.62. The topological polar surface area (TPSA) is 75.7 Å². The van der Waals surface area contributed by atoms with Crippen LogP contribution in [0.3, 0.4) is 0 Å². The minimum atomic E-state index is -0.767. The molecule has 2 atom stereocenters. The fourth-order valence-electron chi connectivity index (χ4n) is 3.75. The SMILES string of the molecule is CC(=O)ON1C(=O)[C@@H](C2Cc3ccccc3C2)NC(=O)[C@H]1CC(C)C. The van der Waals surface area contributed by atoms with Gasteiger partial charge in [-0.2, -0.15) is 5.06 Å². The summed E-state index contributed by atoms with van der Waals surface area (Å²) in [6.07, 6.45) is 1.91. The largest absolute Gasteiger partial charge is 0.342 e. The third kappa shape index (κ3) is 3.52. The Morgan fingerprint density at radius 2 is 1.84 bits per heavy atom. The maximum atomic E-state index is 13.0. The molecule has 1 aromatic carbocycles. The Labute approximate surface area is 147 Å². The summed E-state index contributed by atoms with van der Waals surface area (Å²) in [5.41, 5.74) is 2.41. The Morgan fingerprint density at radius 1 is 1.24 bits per heavy atom. The van der Waals surface area contributed by atoms with Gasteiger partial charge in [0.25, 0.3) is 5.91 Å². The summed E-state index contributed by atoms with van der Waals surface area (Å²) >= 11 is 0. The number of hydrogen-bond acceptors (Lipinski definition) is 4. The molecule has 0 saturated carbocycles. The summed E-state index contributed by atoms with van der Waals surface area (Å²) in [7, 11) is 0. The van der Waals surface area contributed by atoms with Crippen LogP contribution in [0.25, 0.3) is 0 Å². The summed E-state index contributed by atoms with van der Waals surface area (Å²) in [4.78, 5) is 42.2. The van der Waals surface area contributed by atoms with E-state index in [4.69, 9.17) is 4.84 Å². The van der Waals surface area contributed by atoms with Crippen LogP contribution in [0.2, 0.25) is 0 Å². The third-order valence-electron chi connectivity index (χ3n) is 4.84. The average Bonchev–Trinajstić information content (AvgIpc) is 2.97. The maximum Gasteiger partial charge on any atom is 0.329 e. The van der Waals surface area contributed by atoms with Gasteiger partial charge in [0, 0.05) is 6.92 Å². The summed E-state index contributed by atoms with van der Waals surface area (Å²) in [6, 6.07) is 6.63. The molecule has 0 spiro atoms. The quantitative estimate of drug-likeness (QED) is 0.901. The summed E-state index contributed by atoms with van der Waals surface area (Å²) in [6.45, 7) is 5.17. The predicted molar refractivity (Wildman–Crippen MR) is 91.1 cm³/mol. The van der Waals surface area contributed by atoms with Crippen LogP contribution < -0.4 is 5.32 Å². The number of nitrogens with one attached hydrogen (secondary N) is 1. The first-order valence-electron chi connectivity index (χ1n) is 8.75. The van der Waals surface area contributed by atoms with Crippen molar-refractivity contribution in [2.45, 2.75) is 52.1 Å². The molecule has 134 valence electrons. The van der Waals surface area contributed by atoms with E-state index < -0.39 is 18.1 Å². The van der Waals surface area contributed by atoms with Crippen LogP contribution in [0.4, 0.5) is 0 Å². The van der Waals surface area contributed by atoms with Gasteiger partial charge in [0.15, 0.2) is 0 Å². The highest BCUT2D eigenvalue weighted by Gasteiger charge is 2.47. The van der Waals surface area contributed by atoms with E-state index in [0.29, 0.717) is 6.42 Å². The molecule has 2 amide bonds. The van der Waals surface area contributed by atoms with E-state index in [2.05, 4.69) is 17.4 Å². The highest BCUT2D eigenvalue weighted by atomic mass is 16.7. The molecule has 6 nitrogen and oxygen atoms in total. The van der Waals surface area contributed by atoms with Gasteiger partial charge in [0.1, 0.15) is 12.1 Å². The van der Waals surface area contributed by atoms with Crippen LogP contribution >= 0.6 is 0 Å². The van der Waals surface area contributed by atoms with Crippen molar-refractivity contribution < 1.29 is 19.2 Å². The zero-order valence-electron chi connectivity index (χ0n) is 14.8. The van der Waals surface area contributed by atoms with Crippen LogP contribution in [0.5, 0.6) is 0 Å². The first-order chi connectivity index (χ1) is 11.9. The number of hydroxylamine groups is 2. The van der Waals surface area contributed by atoms with Gasteiger partial charge in [-0.25, -0.2) is 0 Å². The van der Waals surface area contributed by atoms with Gasteiger partial charge >= 0.3 is 5.97 Å². The lowest BCUT2D eigenvalue weighted by molar-refractivity contribution is -0.214. The van der Waals surface area contributed by atoms with Gasteiger partial charge in [0.2, 0.25) is 5.91 Å².